The summed E-state index contributed by atoms with van der Waals surface area (Å²) in [5, 5.41) is 5.96. The lowest BCUT2D eigenvalue weighted by molar-refractivity contribution is 0.187. The second kappa shape index (κ2) is 4.31. The van der Waals surface area contributed by atoms with E-state index in [2.05, 4.69) is 15.4 Å². The average molecular weight is 206 g/mol. The number of nitrogens with one attached hydrogen (secondary N) is 2. The van der Waals surface area contributed by atoms with E-state index < -0.39 is 6.09 Å². The minimum absolute atomic E-state index is 0.427. The van der Waals surface area contributed by atoms with E-state index in [1.54, 1.807) is 0 Å². The molecule has 0 unspecified atom stereocenters. The van der Waals surface area contributed by atoms with Crippen molar-refractivity contribution in [1.29, 1.82) is 0 Å². The highest BCUT2D eigenvalue weighted by molar-refractivity contribution is 5.84. The van der Waals surface area contributed by atoms with Crippen LogP contribution in [0.3, 0.4) is 0 Å². The van der Waals surface area contributed by atoms with E-state index in [0.29, 0.717) is 0 Å². The Balaban J connectivity index is 2.17. The maximum atomic E-state index is 11.0. The monoisotopic (exact) mass is 206 g/mol. The van der Waals surface area contributed by atoms with E-state index in [1.165, 1.54) is 18.2 Å². The minimum Gasteiger partial charge on any atom is -0.453 e. The highest BCUT2D eigenvalue weighted by atomic mass is 16.5. The SMILES string of the molecule is COC(=O)Nc1ccc2c(c1)CCNC2. The Morgan fingerprint density at radius 3 is 3.13 bits per heavy atom. The van der Waals surface area contributed by atoms with Crippen molar-refractivity contribution in [2.24, 2.45) is 0 Å². The van der Waals surface area contributed by atoms with Gasteiger partial charge < -0.3 is 10.1 Å². The van der Waals surface area contributed by atoms with Gasteiger partial charge in [-0.2, -0.15) is 0 Å². The third kappa shape index (κ3) is 2.27. The third-order valence-corrected chi connectivity index (χ3v) is 2.52. The van der Waals surface area contributed by atoms with Crippen LogP contribution in [0.2, 0.25) is 0 Å². The number of methoxy groups -OCH3 is 1. The van der Waals surface area contributed by atoms with Gasteiger partial charge in [0.25, 0.3) is 0 Å². The van der Waals surface area contributed by atoms with Gasteiger partial charge in [0.2, 0.25) is 0 Å². The van der Waals surface area contributed by atoms with Crippen molar-refractivity contribution in [3.63, 3.8) is 0 Å². The van der Waals surface area contributed by atoms with Crippen LogP contribution >= 0.6 is 0 Å². The van der Waals surface area contributed by atoms with Crippen LogP contribution in [0.25, 0.3) is 0 Å². The summed E-state index contributed by atoms with van der Waals surface area (Å²) in [6.45, 7) is 1.91. The molecule has 2 rings (SSSR count). The second-order valence-electron chi connectivity index (χ2n) is 3.53. The van der Waals surface area contributed by atoms with Crippen LogP contribution in [0.15, 0.2) is 18.2 Å². The Hall–Kier alpha value is -1.55. The predicted molar refractivity (Wildman–Crippen MR) is 57.9 cm³/mol. The van der Waals surface area contributed by atoms with E-state index in [-0.39, 0.29) is 0 Å². The fourth-order valence-electron chi connectivity index (χ4n) is 1.72. The fraction of sp³-hybridized carbons (Fsp3) is 0.364. The Morgan fingerprint density at radius 1 is 1.47 bits per heavy atom. The molecule has 0 saturated heterocycles. The molecule has 0 atom stereocenters. The summed E-state index contributed by atoms with van der Waals surface area (Å²) >= 11 is 0. The molecular formula is C11H14N2O2. The Bertz CT molecular complexity index is 377. The van der Waals surface area contributed by atoms with Gasteiger partial charge in [-0.25, -0.2) is 4.79 Å². The van der Waals surface area contributed by atoms with Crippen LogP contribution in [-0.2, 0) is 17.7 Å². The number of carbonyl (C=O) groups excluding carboxylic acids is 1. The molecule has 0 aliphatic carbocycles. The lowest BCUT2D eigenvalue weighted by Gasteiger charge is -2.17. The van der Waals surface area contributed by atoms with Crippen molar-refractivity contribution < 1.29 is 9.53 Å². The van der Waals surface area contributed by atoms with E-state index in [1.807, 2.05) is 18.2 Å². The van der Waals surface area contributed by atoms with Crippen LogP contribution in [0.4, 0.5) is 10.5 Å². The van der Waals surface area contributed by atoms with Crippen molar-refractivity contribution in [2.45, 2.75) is 13.0 Å². The normalized spacial score (nSPS) is 14.2. The smallest absolute Gasteiger partial charge is 0.411 e. The molecule has 1 aliphatic rings. The summed E-state index contributed by atoms with van der Waals surface area (Å²) in [5.74, 6) is 0. The molecule has 1 heterocycles. The van der Waals surface area contributed by atoms with Gasteiger partial charge in [-0.1, -0.05) is 6.07 Å². The van der Waals surface area contributed by atoms with E-state index in [4.69, 9.17) is 0 Å². The number of hydrogen-bond donors (Lipinski definition) is 2. The van der Waals surface area contributed by atoms with E-state index >= 15 is 0 Å². The van der Waals surface area contributed by atoms with Gasteiger partial charge in [0.05, 0.1) is 7.11 Å². The number of rotatable bonds is 1. The van der Waals surface area contributed by atoms with Gasteiger partial charge >= 0.3 is 6.09 Å². The first kappa shape index (κ1) is 9.98. The summed E-state index contributed by atoms with van der Waals surface area (Å²) in [6.07, 6.45) is 0.579. The van der Waals surface area contributed by atoms with Gasteiger partial charge in [-0.3, -0.25) is 5.32 Å². The fourth-order valence-corrected chi connectivity index (χ4v) is 1.72. The van der Waals surface area contributed by atoms with Gasteiger partial charge in [0.15, 0.2) is 0 Å². The molecule has 0 spiro atoms. The van der Waals surface area contributed by atoms with E-state index in [0.717, 1.165) is 25.2 Å². The molecule has 4 nitrogen and oxygen atoms in total. The predicted octanol–water partition coefficient (Wildman–Crippen LogP) is 1.51. The maximum Gasteiger partial charge on any atom is 0.411 e. The van der Waals surface area contributed by atoms with Crippen LogP contribution < -0.4 is 10.6 Å². The number of hydrogen-bond acceptors (Lipinski definition) is 3. The first-order valence-electron chi connectivity index (χ1n) is 4.97. The molecule has 80 valence electrons. The zero-order valence-electron chi connectivity index (χ0n) is 8.67. The molecule has 0 saturated carbocycles. The van der Waals surface area contributed by atoms with Crippen LogP contribution in [0, 0.1) is 0 Å². The number of ether oxygens (including phenoxy) is 1. The number of benzene rings is 1. The summed E-state index contributed by atoms with van der Waals surface area (Å²) in [4.78, 5) is 11.0. The van der Waals surface area contributed by atoms with Crippen molar-refractivity contribution in [3.05, 3.63) is 29.3 Å². The molecule has 1 aliphatic heterocycles. The molecule has 1 aromatic rings. The Kier molecular flexibility index (Phi) is 2.87. The summed E-state index contributed by atoms with van der Waals surface area (Å²) in [5.41, 5.74) is 3.39. The summed E-state index contributed by atoms with van der Waals surface area (Å²) < 4.78 is 4.54. The molecule has 15 heavy (non-hydrogen) atoms. The number of carbonyl (C=O) groups is 1. The lowest BCUT2D eigenvalue weighted by Crippen LogP contribution is -2.23. The first-order valence-corrected chi connectivity index (χ1v) is 4.97. The molecule has 2 N–H and O–H groups in total. The molecule has 1 amide bonds. The van der Waals surface area contributed by atoms with Crippen molar-refractivity contribution in [3.8, 4) is 0 Å². The van der Waals surface area contributed by atoms with Gasteiger partial charge in [-0.15, -0.1) is 0 Å². The Morgan fingerprint density at radius 2 is 2.33 bits per heavy atom. The summed E-state index contributed by atoms with van der Waals surface area (Å²) in [6, 6.07) is 5.93. The zero-order chi connectivity index (χ0) is 10.7. The van der Waals surface area contributed by atoms with Gasteiger partial charge in [-0.05, 0) is 36.2 Å². The quantitative estimate of drug-likeness (QED) is 0.732. The number of fused-ring (bicyclic) bond motifs is 1. The zero-order valence-corrected chi connectivity index (χ0v) is 8.67. The largest absolute Gasteiger partial charge is 0.453 e. The highest BCUT2D eigenvalue weighted by Crippen LogP contribution is 2.18. The van der Waals surface area contributed by atoms with Gasteiger partial charge in [0.1, 0.15) is 0 Å². The first-order chi connectivity index (χ1) is 7.29. The van der Waals surface area contributed by atoms with E-state index in [9.17, 15) is 4.79 Å². The minimum atomic E-state index is -0.427. The molecule has 1 aromatic carbocycles. The molecule has 4 heteroatoms. The molecule has 0 radical (unpaired) electrons. The summed E-state index contributed by atoms with van der Waals surface area (Å²) in [7, 11) is 1.36. The number of anilines is 1. The van der Waals surface area contributed by atoms with Crippen LogP contribution in [-0.4, -0.2) is 19.7 Å². The lowest BCUT2D eigenvalue weighted by atomic mass is 10.0. The number of amides is 1. The standard InChI is InChI=1S/C11H14N2O2/c1-15-11(14)13-10-3-2-9-7-12-5-4-8(9)6-10/h2-3,6,12H,4-5,7H2,1H3,(H,13,14). The van der Waals surface area contributed by atoms with Crippen molar-refractivity contribution >= 4 is 11.8 Å². The van der Waals surface area contributed by atoms with Gasteiger partial charge in [0, 0.05) is 12.2 Å². The molecule has 0 fully saturated rings. The molecular weight excluding hydrogens is 192 g/mol. The second-order valence-corrected chi connectivity index (χ2v) is 3.53. The molecule has 0 bridgehead atoms. The highest BCUT2D eigenvalue weighted by Gasteiger charge is 2.09. The third-order valence-electron chi connectivity index (χ3n) is 2.52. The van der Waals surface area contributed by atoms with Crippen molar-refractivity contribution in [2.75, 3.05) is 19.0 Å². The average Bonchev–Trinajstić information content (AvgIpc) is 2.29. The Labute approximate surface area is 88.6 Å². The van der Waals surface area contributed by atoms with Crippen LogP contribution in [0.1, 0.15) is 11.1 Å². The van der Waals surface area contributed by atoms with Crippen LogP contribution in [0.5, 0.6) is 0 Å². The maximum absolute atomic E-state index is 11.0. The topological polar surface area (TPSA) is 50.4 Å². The van der Waals surface area contributed by atoms with Crippen molar-refractivity contribution in [1.82, 2.24) is 5.32 Å². The molecule has 0 aromatic heterocycles.